The highest BCUT2D eigenvalue weighted by Gasteiger charge is 2.28. The highest BCUT2D eigenvalue weighted by Crippen LogP contribution is 2.34. The Kier molecular flexibility index (Phi) is 7.30. The standard InChI is InChI=1S/C28H29NO2/c30-28(22-31-21-24-13-5-2-6-14-24)29(20-10-15-23-11-3-1-4-12-23)27-19-9-17-25-16-7-8-18-26(25)27/h1-8,10-16,18,27H,9,17,19-22H2/b15-10+. The van der Waals surface area contributed by atoms with Crippen LogP contribution in [0.25, 0.3) is 6.08 Å². The third-order valence-electron chi connectivity index (χ3n) is 5.78. The summed E-state index contributed by atoms with van der Waals surface area (Å²) < 4.78 is 5.79. The molecule has 3 aromatic rings. The first-order valence-corrected chi connectivity index (χ1v) is 11.0. The molecule has 0 bridgehead atoms. The second-order valence-electron chi connectivity index (χ2n) is 7.94. The van der Waals surface area contributed by atoms with Gasteiger partial charge in [-0.1, -0.05) is 97.1 Å². The molecule has 4 rings (SSSR count). The Morgan fingerprint density at radius 1 is 0.935 bits per heavy atom. The zero-order chi connectivity index (χ0) is 21.3. The molecule has 1 aliphatic rings. The van der Waals surface area contributed by atoms with E-state index in [9.17, 15) is 4.79 Å². The van der Waals surface area contributed by atoms with E-state index in [2.05, 4.69) is 48.6 Å². The third kappa shape index (κ3) is 5.71. The molecule has 1 unspecified atom stereocenters. The molecule has 0 saturated carbocycles. The smallest absolute Gasteiger partial charge is 0.249 e. The van der Waals surface area contributed by atoms with Crippen molar-refractivity contribution in [3.05, 3.63) is 113 Å². The Morgan fingerprint density at radius 2 is 1.65 bits per heavy atom. The Balaban J connectivity index is 1.48. The van der Waals surface area contributed by atoms with Gasteiger partial charge >= 0.3 is 0 Å². The van der Waals surface area contributed by atoms with Crippen molar-refractivity contribution in [1.29, 1.82) is 0 Å². The lowest BCUT2D eigenvalue weighted by Gasteiger charge is -2.35. The first-order valence-electron chi connectivity index (χ1n) is 11.0. The summed E-state index contributed by atoms with van der Waals surface area (Å²) in [5.74, 6) is 0.0374. The number of ether oxygens (including phenoxy) is 1. The molecule has 0 aliphatic heterocycles. The zero-order valence-corrected chi connectivity index (χ0v) is 17.8. The van der Waals surface area contributed by atoms with Crippen LogP contribution in [0.5, 0.6) is 0 Å². The molecule has 1 amide bonds. The second-order valence-corrected chi connectivity index (χ2v) is 7.94. The monoisotopic (exact) mass is 411 g/mol. The molecular formula is C28H29NO2. The maximum Gasteiger partial charge on any atom is 0.249 e. The molecule has 0 N–H and O–H groups in total. The van der Waals surface area contributed by atoms with Crippen molar-refractivity contribution in [2.24, 2.45) is 0 Å². The Morgan fingerprint density at radius 3 is 2.45 bits per heavy atom. The van der Waals surface area contributed by atoms with Gasteiger partial charge in [0.05, 0.1) is 12.6 Å². The molecule has 0 radical (unpaired) electrons. The molecule has 0 spiro atoms. The molecule has 3 nitrogen and oxygen atoms in total. The molecule has 31 heavy (non-hydrogen) atoms. The highest BCUT2D eigenvalue weighted by atomic mass is 16.5. The minimum absolute atomic E-state index is 0.0374. The van der Waals surface area contributed by atoms with Gasteiger partial charge in [-0.25, -0.2) is 0 Å². The summed E-state index contributed by atoms with van der Waals surface area (Å²) in [5, 5.41) is 0. The second kappa shape index (κ2) is 10.7. The maximum atomic E-state index is 13.3. The molecule has 0 heterocycles. The third-order valence-corrected chi connectivity index (χ3v) is 5.78. The van der Waals surface area contributed by atoms with Crippen molar-refractivity contribution in [1.82, 2.24) is 4.90 Å². The van der Waals surface area contributed by atoms with E-state index in [1.54, 1.807) is 0 Å². The fraction of sp³-hybridized carbons (Fsp3) is 0.250. The Labute approximate surface area is 185 Å². The molecule has 3 heteroatoms. The fourth-order valence-electron chi connectivity index (χ4n) is 4.23. The summed E-state index contributed by atoms with van der Waals surface area (Å²) in [6, 6.07) is 28.8. The largest absolute Gasteiger partial charge is 0.367 e. The van der Waals surface area contributed by atoms with Crippen LogP contribution < -0.4 is 0 Å². The molecule has 3 aromatic carbocycles. The number of hydrogen-bond acceptors (Lipinski definition) is 2. The quantitative estimate of drug-likeness (QED) is 0.467. The Hall–Kier alpha value is -3.17. The van der Waals surface area contributed by atoms with Gasteiger partial charge in [-0.2, -0.15) is 0 Å². The lowest BCUT2D eigenvalue weighted by atomic mass is 9.86. The van der Waals surface area contributed by atoms with Crippen molar-refractivity contribution in [2.75, 3.05) is 13.2 Å². The molecular weight excluding hydrogens is 382 g/mol. The Bertz CT molecular complexity index is 998. The molecule has 1 aliphatic carbocycles. The number of benzene rings is 3. The zero-order valence-electron chi connectivity index (χ0n) is 17.8. The number of carbonyl (C=O) groups excluding carboxylic acids is 1. The maximum absolute atomic E-state index is 13.3. The number of nitrogens with zero attached hydrogens (tertiary/aromatic N) is 1. The van der Waals surface area contributed by atoms with Gasteiger partial charge in [-0.3, -0.25) is 4.79 Å². The van der Waals surface area contributed by atoms with Gasteiger partial charge in [0.25, 0.3) is 0 Å². The van der Waals surface area contributed by atoms with E-state index < -0.39 is 0 Å². The number of aryl methyl sites for hydroxylation is 1. The predicted octanol–water partition coefficient (Wildman–Crippen LogP) is 5.82. The van der Waals surface area contributed by atoms with Gasteiger partial charge in [0.1, 0.15) is 6.61 Å². The minimum atomic E-state index is 0.0374. The van der Waals surface area contributed by atoms with Crippen molar-refractivity contribution in [3.63, 3.8) is 0 Å². The highest BCUT2D eigenvalue weighted by molar-refractivity contribution is 5.78. The van der Waals surface area contributed by atoms with Crippen LogP contribution >= 0.6 is 0 Å². The number of hydrogen-bond donors (Lipinski definition) is 0. The van der Waals surface area contributed by atoms with E-state index in [0.717, 1.165) is 30.4 Å². The average Bonchev–Trinajstić information content (AvgIpc) is 2.83. The summed E-state index contributed by atoms with van der Waals surface area (Å²) in [6.45, 7) is 1.11. The van der Waals surface area contributed by atoms with Crippen LogP contribution in [0.1, 0.15) is 41.1 Å². The molecule has 1 atom stereocenters. The van der Waals surface area contributed by atoms with Crippen LogP contribution in [-0.2, 0) is 22.6 Å². The minimum Gasteiger partial charge on any atom is -0.367 e. The summed E-state index contributed by atoms with van der Waals surface area (Å²) >= 11 is 0. The van der Waals surface area contributed by atoms with Crippen molar-refractivity contribution in [2.45, 2.75) is 31.9 Å². The van der Waals surface area contributed by atoms with Gasteiger partial charge in [0.2, 0.25) is 5.91 Å². The topological polar surface area (TPSA) is 29.5 Å². The van der Waals surface area contributed by atoms with Gasteiger partial charge in [-0.15, -0.1) is 0 Å². The van der Waals surface area contributed by atoms with Crippen LogP contribution in [-0.4, -0.2) is 24.0 Å². The summed E-state index contributed by atoms with van der Waals surface area (Å²) in [4.78, 5) is 15.2. The lowest BCUT2D eigenvalue weighted by Crippen LogP contribution is -2.39. The average molecular weight is 412 g/mol. The number of rotatable bonds is 8. The normalized spacial score (nSPS) is 15.5. The first-order chi connectivity index (χ1) is 15.3. The SMILES string of the molecule is O=C(COCc1ccccc1)N(C/C=C/c1ccccc1)C1CCCc2ccccc21. The summed E-state index contributed by atoms with van der Waals surface area (Å²) in [6.07, 6.45) is 7.33. The van der Waals surface area contributed by atoms with Crippen LogP contribution in [0.15, 0.2) is 91.0 Å². The van der Waals surface area contributed by atoms with Crippen molar-refractivity contribution < 1.29 is 9.53 Å². The molecule has 0 aromatic heterocycles. The summed E-state index contributed by atoms with van der Waals surface area (Å²) in [7, 11) is 0. The summed E-state index contributed by atoms with van der Waals surface area (Å²) in [5.41, 5.74) is 4.85. The van der Waals surface area contributed by atoms with Crippen molar-refractivity contribution in [3.8, 4) is 0 Å². The van der Waals surface area contributed by atoms with Gasteiger partial charge in [-0.05, 0) is 41.5 Å². The van der Waals surface area contributed by atoms with Crippen LogP contribution in [0.3, 0.4) is 0 Å². The van der Waals surface area contributed by atoms with Crippen LogP contribution in [0.4, 0.5) is 0 Å². The van der Waals surface area contributed by atoms with Crippen LogP contribution in [0.2, 0.25) is 0 Å². The van der Waals surface area contributed by atoms with Gasteiger partial charge < -0.3 is 9.64 Å². The van der Waals surface area contributed by atoms with E-state index in [1.165, 1.54) is 11.1 Å². The number of fused-ring (bicyclic) bond motifs is 1. The van der Waals surface area contributed by atoms with E-state index >= 15 is 0 Å². The molecule has 0 fully saturated rings. The van der Waals surface area contributed by atoms with E-state index in [-0.39, 0.29) is 18.6 Å². The number of amides is 1. The molecule has 0 saturated heterocycles. The van der Waals surface area contributed by atoms with E-state index in [0.29, 0.717) is 13.2 Å². The molecule has 158 valence electrons. The van der Waals surface area contributed by atoms with E-state index in [4.69, 9.17) is 4.74 Å². The first kappa shape index (κ1) is 21.1. The number of carbonyl (C=O) groups is 1. The lowest BCUT2D eigenvalue weighted by molar-refractivity contribution is -0.138. The van der Waals surface area contributed by atoms with E-state index in [1.807, 2.05) is 53.4 Å². The van der Waals surface area contributed by atoms with Gasteiger partial charge in [0, 0.05) is 6.54 Å². The van der Waals surface area contributed by atoms with Crippen LogP contribution in [0, 0.1) is 0 Å². The van der Waals surface area contributed by atoms with Gasteiger partial charge in [0.15, 0.2) is 0 Å². The predicted molar refractivity (Wildman–Crippen MR) is 125 cm³/mol. The fourth-order valence-corrected chi connectivity index (χ4v) is 4.23. The van der Waals surface area contributed by atoms with Crippen molar-refractivity contribution >= 4 is 12.0 Å².